The molecule has 0 aliphatic carbocycles. The normalized spacial score (nSPS) is 12.2. The van der Waals surface area contributed by atoms with Crippen molar-refractivity contribution in [1.29, 1.82) is 0 Å². The Hall–Kier alpha value is -1.29. The Balaban J connectivity index is 2.33. The van der Waals surface area contributed by atoms with Crippen LogP contribution in [-0.2, 0) is 6.42 Å². The second kappa shape index (κ2) is 6.44. The molecule has 106 valence electrons. The average molecular weight is 315 g/mol. The lowest BCUT2D eigenvalue weighted by molar-refractivity contribution is 0.173. The summed E-state index contributed by atoms with van der Waals surface area (Å²) >= 11 is 12.1. The predicted octanol–water partition coefficient (Wildman–Crippen LogP) is 4.42. The lowest BCUT2D eigenvalue weighted by atomic mass is 10.0. The van der Waals surface area contributed by atoms with E-state index in [2.05, 4.69) is 0 Å². The summed E-state index contributed by atoms with van der Waals surface area (Å²) in [6.45, 7) is 0. The molecule has 0 aliphatic rings. The zero-order chi connectivity index (χ0) is 14.7. The number of rotatable bonds is 4. The van der Waals surface area contributed by atoms with Crippen LogP contribution in [0.5, 0.6) is 5.75 Å². The highest BCUT2D eigenvalue weighted by atomic mass is 35.5. The van der Waals surface area contributed by atoms with Gasteiger partial charge in [0.25, 0.3) is 0 Å². The molecule has 0 radical (unpaired) electrons. The Bertz CT molecular complexity index is 597. The summed E-state index contributed by atoms with van der Waals surface area (Å²) in [6.07, 6.45) is -0.781. The third-order valence-electron chi connectivity index (χ3n) is 3.01. The van der Waals surface area contributed by atoms with Crippen LogP contribution in [-0.4, -0.2) is 12.2 Å². The van der Waals surface area contributed by atoms with Gasteiger partial charge in [-0.1, -0.05) is 29.3 Å². The van der Waals surface area contributed by atoms with Crippen molar-refractivity contribution >= 4 is 23.2 Å². The molecule has 20 heavy (non-hydrogen) atoms. The standard InChI is InChI=1S/C15H13Cl2FO2/c1-20-15-6-5-9(18)7-11(15)14(19)8-10-12(16)3-2-4-13(10)17/h2-7,14,19H,8H2,1H3. The first-order valence-electron chi connectivity index (χ1n) is 5.97. The molecule has 0 amide bonds. The maximum Gasteiger partial charge on any atom is 0.124 e. The van der Waals surface area contributed by atoms with Gasteiger partial charge in [0, 0.05) is 22.0 Å². The Morgan fingerprint density at radius 1 is 1.20 bits per heavy atom. The van der Waals surface area contributed by atoms with Crippen LogP contribution in [0.1, 0.15) is 17.2 Å². The van der Waals surface area contributed by atoms with Gasteiger partial charge in [0.1, 0.15) is 11.6 Å². The number of ether oxygens (including phenoxy) is 1. The Morgan fingerprint density at radius 3 is 2.45 bits per heavy atom. The van der Waals surface area contributed by atoms with Crippen molar-refractivity contribution in [1.82, 2.24) is 0 Å². The van der Waals surface area contributed by atoms with Gasteiger partial charge in [0.05, 0.1) is 13.2 Å². The first-order chi connectivity index (χ1) is 9.52. The number of hydrogen-bond acceptors (Lipinski definition) is 2. The van der Waals surface area contributed by atoms with Crippen LogP contribution in [0.15, 0.2) is 36.4 Å². The van der Waals surface area contributed by atoms with Crippen molar-refractivity contribution in [3.8, 4) is 5.75 Å². The first-order valence-corrected chi connectivity index (χ1v) is 6.73. The Kier molecular flexibility index (Phi) is 4.86. The highest BCUT2D eigenvalue weighted by Gasteiger charge is 2.18. The van der Waals surface area contributed by atoms with E-state index in [1.165, 1.54) is 25.3 Å². The van der Waals surface area contributed by atoms with E-state index < -0.39 is 11.9 Å². The molecule has 2 aromatic rings. The molecule has 2 rings (SSSR count). The molecule has 2 nitrogen and oxygen atoms in total. The summed E-state index contributed by atoms with van der Waals surface area (Å²) in [5, 5.41) is 11.2. The molecule has 0 spiro atoms. The van der Waals surface area contributed by atoms with Gasteiger partial charge < -0.3 is 9.84 Å². The maximum absolute atomic E-state index is 13.3. The monoisotopic (exact) mass is 314 g/mol. The topological polar surface area (TPSA) is 29.5 Å². The molecule has 1 unspecified atom stereocenters. The molecule has 0 saturated heterocycles. The SMILES string of the molecule is COc1ccc(F)cc1C(O)Cc1c(Cl)cccc1Cl. The van der Waals surface area contributed by atoms with Crippen molar-refractivity contribution in [2.45, 2.75) is 12.5 Å². The van der Waals surface area contributed by atoms with Gasteiger partial charge >= 0.3 is 0 Å². The fraction of sp³-hybridized carbons (Fsp3) is 0.200. The summed E-state index contributed by atoms with van der Waals surface area (Å²) < 4.78 is 18.4. The number of aliphatic hydroxyl groups is 1. The van der Waals surface area contributed by atoms with Crippen LogP contribution in [0.25, 0.3) is 0 Å². The number of aliphatic hydroxyl groups excluding tert-OH is 1. The van der Waals surface area contributed by atoms with Crippen LogP contribution in [0.2, 0.25) is 10.0 Å². The molecule has 0 aromatic heterocycles. The van der Waals surface area contributed by atoms with Crippen LogP contribution in [0.3, 0.4) is 0 Å². The van der Waals surface area contributed by atoms with Gasteiger partial charge in [-0.15, -0.1) is 0 Å². The molecule has 0 heterocycles. The molecule has 1 N–H and O–H groups in total. The highest BCUT2D eigenvalue weighted by Crippen LogP contribution is 2.33. The van der Waals surface area contributed by atoms with Crippen molar-refractivity contribution in [3.63, 3.8) is 0 Å². The van der Waals surface area contributed by atoms with Gasteiger partial charge in [0.2, 0.25) is 0 Å². The number of hydrogen-bond donors (Lipinski definition) is 1. The van der Waals surface area contributed by atoms with E-state index in [0.717, 1.165) is 0 Å². The third kappa shape index (κ3) is 3.23. The molecule has 0 fully saturated rings. The fourth-order valence-corrected chi connectivity index (χ4v) is 2.55. The number of benzene rings is 2. The van der Waals surface area contributed by atoms with Gasteiger partial charge in [0.15, 0.2) is 0 Å². The van der Waals surface area contributed by atoms with Crippen molar-refractivity contribution < 1.29 is 14.2 Å². The van der Waals surface area contributed by atoms with Gasteiger partial charge in [-0.2, -0.15) is 0 Å². The van der Waals surface area contributed by atoms with E-state index >= 15 is 0 Å². The minimum absolute atomic E-state index is 0.179. The van der Waals surface area contributed by atoms with Crippen LogP contribution in [0.4, 0.5) is 4.39 Å². The van der Waals surface area contributed by atoms with E-state index in [1.54, 1.807) is 18.2 Å². The minimum atomic E-state index is -0.960. The fourth-order valence-electron chi connectivity index (χ4n) is 2.00. The largest absolute Gasteiger partial charge is 0.496 e. The number of methoxy groups -OCH3 is 1. The Labute approximate surface area is 126 Å². The van der Waals surface area contributed by atoms with Gasteiger partial charge in [-0.3, -0.25) is 0 Å². The summed E-state index contributed by atoms with van der Waals surface area (Å²) in [5.41, 5.74) is 0.984. The van der Waals surface area contributed by atoms with Crippen LogP contribution in [0, 0.1) is 5.82 Å². The lowest BCUT2D eigenvalue weighted by Crippen LogP contribution is -2.05. The molecule has 2 aromatic carbocycles. The zero-order valence-electron chi connectivity index (χ0n) is 10.7. The van der Waals surface area contributed by atoms with Crippen LogP contribution >= 0.6 is 23.2 Å². The first kappa shape index (κ1) is 15.1. The predicted molar refractivity (Wildman–Crippen MR) is 78.1 cm³/mol. The second-order valence-corrected chi connectivity index (χ2v) is 5.12. The second-order valence-electron chi connectivity index (χ2n) is 4.31. The molecule has 1 atom stereocenters. The summed E-state index contributed by atoms with van der Waals surface area (Å²) in [6, 6.07) is 9.10. The van der Waals surface area contributed by atoms with E-state index in [0.29, 0.717) is 26.9 Å². The quantitative estimate of drug-likeness (QED) is 0.905. The summed E-state index contributed by atoms with van der Waals surface area (Å²) in [4.78, 5) is 0. The van der Waals surface area contributed by atoms with Gasteiger partial charge in [-0.05, 0) is 35.9 Å². The van der Waals surface area contributed by atoms with E-state index in [9.17, 15) is 9.50 Å². The zero-order valence-corrected chi connectivity index (χ0v) is 12.2. The average Bonchev–Trinajstić information content (AvgIpc) is 2.43. The summed E-state index contributed by atoms with van der Waals surface area (Å²) in [7, 11) is 1.46. The molecule has 0 saturated carbocycles. The lowest BCUT2D eigenvalue weighted by Gasteiger charge is -2.16. The highest BCUT2D eigenvalue weighted by molar-refractivity contribution is 6.36. The maximum atomic E-state index is 13.3. The molecule has 0 aliphatic heterocycles. The van der Waals surface area contributed by atoms with Crippen molar-refractivity contribution in [3.05, 3.63) is 63.4 Å². The van der Waals surface area contributed by atoms with E-state index in [1.807, 2.05) is 0 Å². The Morgan fingerprint density at radius 2 is 1.85 bits per heavy atom. The van der Waals surface area contributed by atoms with Crippen LogP contribution < -0.4 is 4.74 Å². The third-order valence-corrected chi connectivity index (χ3v) is 3.72. The van der Waals surface area contributed by atoms with Crippen molar-refractivity contribution in [2.75, 3.05) is 7.11 Å². The smallest absolute Gasteiger partial charge is 0.124 e. The van der Waals surface area contributed by atoms with Gasteiger partial charge in [-0.25, -0.2) is 4.39 Å². The van der Waals surface area contributed by atoms with E-state index in [4.69, 9.17) is 27.9 Å². The molecule has 5 heteroatoms. The summed E-state index contributed by atoms with van der Waals surface area (Å²) in [5.74, 6) is -0.0211. The molecule has 0 bridgehead atoms. The molecular weight excluding hydrogens is 302 g/mol. The molecular formula is C15H13Cl2FO2. The van der Waals surface area contributed by atoms with E-state index in [-0.39, 0.29) is 6.42 Å². The minimum Gasteiger partial charge on any atom is -0.496 e. The van der Waals surface area contributed by atoms with Crippen molar-refractivity contribution in [2.24, 2.45) is 0 Å². The number of halogens is 3.